The minimum absolute atomic E-state index is 0.157. The zero-order valence-corrected chi connectivity index (χ0v) is 14.4. The number of thiazole rings is 1. The summed E-state index contributed by atoms with van der Waals surface area (Å²) in [5.41, 5.74) is 7.50. The van der Waals surface area contributed by atoms with E-state index in [4.69, 9.17) is 5.73 Å². The van der Waals surface area contributed by atoms with Crippen LogP contribution in [0.2, 0.25) is 0 Å². The monoisotopic (exact) mass is 381 g/mol. The third-order valence-electron chi connectivity index (χ3n) is 2.99. The SMILES string of the molecule is Cc1nc(CNC(=O)c2sc3ccc(Br)cc3c2N)cs1. The van der Waals surface area contributed by atoms with Gasteiger partial charge in [-0.05, 0) is 25.1 Å². The molecule has 108 valence electrons. The normalized spacial score (nSPS) is 11.0. The standard InChI is InChI=1S/C14H12BrN3OS2/c1-7-18-9(6-20-7)5-17-14(19)13-12(16)10-4-8(15)2-3-11(10)21-13/h2-4,6H,5,16H2,1H3,(H,17,19). The zero-order valence-electron chi connectivity index (χ0n) is 11.1. The summed E-state index contributed by atoms with van der Waals surface area (Å²) in [6, 6.07) is 5.83. The van der Waals surface area contributed by atoms with Crippen LogP contribution in [0.3, 0.4) is 0 Å². The van der Waals surface area contributed by atoms with Crippen LogP contribution in [0.15, 0.2) is 28.1 Å². The van der Waals surface area contributed by atoms with E-state index in [2.05, 4.69) is 26.2 Å². The van der Waals surface area contributed by atoms with Gasteiger partial charge in [-0.1, -0.05) is 15.9 Å². The Labute approximate surface area is 138 Å². The highest BCUT2D eigenvalue weighted by molar-refractivity contribution is 9.10. The Hall–Kier alpha value is -1.44. The number of nitrogen functional groups attached to an aromatic ring is 1. The van der Waals surface area contributed by atoms with Gasteiger partial charge in [-0.25, -0.2) is 4.98 Å². The summed E-state index contributed by atoms with van der Waals surface area (Å²) in [5.74, 6) is -0.157. The van der Waals surface area contributed by atoms with Crippen LogP contribution >= 0.6 is 38.6 Å². The topological polar surface area (TPSA) is 68.0 Å². The molecule has 4 nitrogen and oxygen atoms in total. The molecule has 1 aromatic carbocycles. The number of hydrogen-bond acceptors (Lipinski definition) is 5. The van der Waals surface area contributed by atoms with Gasteiger partial charge in [-0.15, -0.1) is 22.7 Å². The first-order chi connectivity index (χ1) is 10.0. The van der Waals surface area contributed by atoms with Crippen LogP contribution in [-0.4, -0.2) is 10.9 Å². The zero-order chi connectivity index (χ0) is 15.0. The van der Waals surface area contributed by atoms with E-state index in [1.54, 1.807) is 11.3 Å². The number of aryl methyl sites for hydroxylation is 1. The minimum Gasteiger partial charge on any atom is -0.397 e. The number of anilines is 1. The predicted molar refractivity (Wildman–Crippen MR) is 92.0 cm³/mol. The van der Waals surface area contributed by atoms with E-state index in [9.17, 15) is 4.79 Å². The van der Waals surface area contributed by atoms with Crippen molar-refractivity contribution in [2.45, 2.75) is 13.5 Å². The molecule has 21 heavy (non-hydrogen) atoms. The lowest BCUT2D eigenvalue weighted by Crippen LogP contribution is -2.22. The molecule has 0 aliphatic rings. The minimum atomic E-state index is -0.157. The fraction of sp³-hybridized carbons (Fsp3) is 0.143. The maximum Gasteiger partial charge on any atom is 0.263 e. The maximum absolute atomic E-state index is 12.3. The van der Waals surface area contributed by atoms with Crippen molar-refractivity contribution in [1.29, 1.82) is 0 Å². The van der Waals surface area contributed by atoms with Crippen molar-refractivity contribution in [3.63, 3.8) is 0 Å². The summed E-state index contributed by atoms with van der Waals surface area (Å²) >= 11 is 6.39. The second-order valence-electron chi connectivity index (χ2n) is 4.53. The van der Waals surface area contributed by atoms with Gasteiger partial charge in [0.15, 0.2) is 0 Å². The van der Waals surface area contributed by atoms with E-state index in [-0.39, 0.29) is 5.91 Å². The van der Waals surface area contributed by atoms with Crippen molar-refractivity contribution in [2.75, 3.05) is 5.73 Å². The number of nitrogens with one attached hydrogen (secondary N) is 1. The average Bonchev–Trinajstić information content (AvgIpc) is 3.01. The quantitative estimate of drug-likeness (QED) is 0.721. The number of amides is 1. The van der Waals surface area contributed by atoms with Crippen molar-refractivity contribution < 1.29 is 4.79 Å². The molecule has 7 heteroatoms. The summed E-state index contributed by atoms with van der Waals surface area (Å²) in [5, 5.41) is 6.71. The van der Waals surface area contributed by atoms with Gasteiger partial charge in [0.25, 0.3) is 5.91 Å². The number of carbonyl (C=O) groups excluding carboxylic acids is 1. The van der Waals surface area contributed by atoms with Crippen LogP contribution < -0.4 is 11.1 Å². The third kappa shape index (κ3) is 2.95. The molecule has 0 unspecified atom stereocenters. The maximum atomic E-state index is 12.3. The summed E-state index contributed by atoms with van der Waals surface area (Å²) in [6.45, 7) is 2.36. The van der Waals surface area contributed by atoms with Gasteiger partial charge in [0.1, 0.15) is 4.88 Å². The molecule has 0 spiro atoms. The van der Waals surface area contributed by atoms with Gasteiger partial charge >= 0.3 is 0 Å². The molecule has 0 saturated heterocycles. The summed E-state index contributed by atoms with van der Waals surface area (Å²) in [7, 11) is 0. The summed E-state index contributed by atoms with van der Waals surface area (Å²) in [6.07, 6.45) is 0. The molecule has 0 aliphatic heterocycles. The predicted octanol–water partition coefficient (Wildman–Crippen LogP) is 3.94. The van der Waals surface area contributed by atoms with E-state index >= 15 is 0 Å². The number of aromatic nitrogens is 1. The van der Waals surface area contributed by atoms with E-state index < -0.39 is 0 Å². The molecular weight excluding hydrogens is 370 g/mol. The first kappa shape index (κ1) is 14.5. The summed E-state index contributed by atoms with van der Waals surface area (Å²) in [4.78, 5) is 17.2. The number of benzene rings is 1. The molecule has 2 aromatic heterocycles. The molecule has 0 atom stereocenters. The molecule has 3 aromatic rings. The van der Waals surface area contributed by atoms with Crippen molar-refractivity contribution in [1.82, 2.24) is 10.3 Å². The van der Waals surface area contributed by atoms with Crippen molar-refractivity contribution >= 4 is 60.3 Å². The van der Waals surface area contributed by atoms with Crippen LogP contribution in [-0.2, 0) is 6.54 Å². The van der Waals surface area contributed by atoms with Gasteiger partial charge in [0.2, 0.25) is 0 Å². The van der Waals surface area contributed by atoms with E-state index in [1.165, 1.54) is 11.3 Å². The summed E-state index contributed by atoms with van der Waals surface area (Å²) < 4.78 is 1.95. The first-order valence-corrected chi connectivity index (χ1v) is 8.70. The average molecular weight is 382 g/mol. The molecule has 0 saturated carbocycles. The molecule has 3 N–H and O–H groups in total. The Kier molecular flexibility index (Phi) is 3.97. The van der Waals surface area contributed by atoms with Crippen LogP contribution in [0.5, 0.6) is 0 Å². The van der Waals surface area contributed by atoms with Crippen LogP contribution in [0.4, 0.5) is 5.69 Å². The van der Waals surface area contributed by atoms with E-state index in [1.807, 2.05) is 30.5 Å². The highest BCUT2D eigenvalue weighted by Gasteiger charge is 2.16. The third-order valence-corrected chi connectivity index (χ3v) is 5.49. The number of thiophene rings is 1. The van der Waals surface area contributed by atoms with Gasteiger partial charge in [-0.2, -0.15) is 0 Å². The number of rotatable bonds is 3. The molecule has 0 aliphatic carbocycles. The smallest absolute Gasteiger partial charge is 0.263 e. The highest BCUT2D eigenvalue weighted by Crippen LogP contribution is 2.35. The van der Waals surface area contributed by atoms with Gasteiger partial charge in [0.05, 0.1) is 22.9 Å². The van der Waals surface area contributed by atoms with E-state index in [0.717, 1.165) is 25.3 Å². The number of fused-ring (bicyclic) bond motifs is 1. The van der Waals surface area contributed by atoms with Gasteiger partial charge in [0, 0.05) is 19.9 Å². The van der Waals surface area contributed by atoms with Gasteiger partial charge < -0.3 is 11.1 Å². The second-order valence-corrected chi connectivity index (χ2v) is 7.56. The molecule has 0 radical (unpaired) electrons. The van der Waals surface area contributed by atoms with Crippen molar-refractivity contribution in [2.24, 2.45) is 0 Å². The lowest BCUT2D eigenvalue weighted by atomic mass is 10.2. The largest absolute Gasteiger partial charge is 0.397 e. The molecule has 2 heterocycles. The Balaban J connectivity index is 1.82. The fourth-order valence-electron chi connectivity index (χ4n) is 2.00. The molecule has 3 rings (SSSR count). The Bertz CT molecular complexity index is 825. The Morgan fingerprint density at radius 1 is 1.48 bits per heavy atom. The second kappa shape index (κ2) is 5.75. The molecule has 1 amide bonds. The number of carbonyl (C=O) groups is 1. The fourth-order valence-corrected chi connectivity index (χ4v) is 3.99. The Morgan fingerprint density at radius 3 is 3.00 bits per heavy atom. The van der Waals surface area contributed by atoms with E-state index in [0.29, 0.717) is 17.1 Å². The Morgan fingerprint density at radius 2 is 2.29 bits per heavy atom. The lowest BCUT2D eigenvalue weighted by molar-refractivity contribution is 0.0955. The van der Waals surface area contributed by atoms with Crippen LogP contribution in [0.1, 0.15) is 20.4 Å². The lowest BCUT2D eigenvalue weighted by Gasteiger charge is -2.02. The number of nitrogens with zero attached hydrogens (tertiary/aromatic N) is 1. The number of nitrogens with two attached hydrogens (primary N) is 1. The molecule has 0 fully saturated rings. The molecule has 0 bridgehead atoms. The highest BCUT2D eigenvalue weighted by atomic mass is 79.9. The van der Waals surface area contributed by atoms with Gasteiger partial charge in [-0.3, -0.25) is 4.79 Å². The number of halogens is 1. The van der Waals surface area contributed by atoms with Crippen LogP contribution in [0, 0.1) is 6.92 Å². The first-order valence-electron chi connectivity index (χ1n) is 6.21. The molecular formula is C14H12BrN3OS2. The van der Waals surface area contributed by atoms with Crippen molar-refractivity contribution in [3.05, 3.63) is 43.6 Å². The van der Waals surface area contributed by atoms with Crippen LogP contribution in [0.25, 0.3) is 10.1 Å². The van der Waals surface area contributed by atoms with Crippen molar-refractivity contribution in [3.8, 4) is 0 Å². The number of hydrogen-bond donors (Lipinski definition) is 2.